The Hall–Kier alpha value is -6.54. The Kier molecular flexibility index (Phi) is 13.0. The number of benzene rings is 2. The number of hydrogen-bond acceptors (Lipinski definition) is 17. The van der Waals surface area contributed by atoms with Crippen LogP contribution >= 0.6 is 11.3 Å². The molecule has 4 N–H and O–H groups in total. The Morgan fingerprint density at radius 3 is 2.28 bits per heavy atom. The third kappa shape index (κ3) is 9.87. The number of nitrogens with zero attached hydrogens (tertiary/aromatic N) is 11. The molecule has 4 aliphatic rings. The number of carbonyl (C=O) groups excluding carboxylic acids is 2. The number of carbonyl (C=O) groups is 2. The predicted octanol–water partition coefficient (Wildman–Crippen LogP) is 5.30. The minimum absolute atomic E-state index is 0.00376. The Labute approximate surface area is 398 Å². The highest BCUT2D eigenvalue weighted by molar-refractivity contribution is 7.19. The van der Waals surface area contributed by atoms with E-state index in [1.165, 1.54) is 22.7 Å². The number of aromatic hydroxyl groups is 2. The number of thiophene rings is 1. The molecule has 19 heteroatoms. The number of nitrogen functional groups attached to an aromatic ring is 1. The maximum absolute atomic E-state index is 13.5. The van der Waals surface area contributed by atoms with Crippen molar-refractivity contribution in [1.82, 2.24) is 49.5 Å². The van der Waals surface area contributed by atoms with Crippen LogP contribution in [-0.4, -0.2) is 144 Å². The minimum atomic E-state index is -0.244. The van der Waals surface area contributed by atoms with Crippen LogP contribution in [0.2, 0.25) is 0 Å². The summed E-state index contributed by atoms with van der Waals surface area (Å²) in [6.07, 6.45) is 8.36. The smallest absolute Gasteiger partial charge is 0.274 e. The summed E-state index contributed by atoms with van der Waals surface area (Å²) >= 11 is 1.71. The summed E-state index contributed by atoms with van der Waals surface area (Å²) in [6.45, 7) is 14.2. The van der Waals surface area contributed by atoms with Crippen molar-refractivity contribution in [2.45, 2.75) is 58.8 Å². The van der Waals surface area contributed by atoms with Gasteiger partial charge in [0.05, 0.1) is 53.6 Å². The van der Waals surface area contributed by atoms with Crippen LogP contribution in [0.3, 0.4) is 0 Å². The van der Waals surface area contributed by atoms with E-state index in [9.17, 15) is 19.8 Å². The molecule has 0 saturated carbocycles. The molecule has 10 rings (SSSR count). The number of anilines is 2. The standard InChI is InChI=1S/C49H56N12O6S/c1-30(2)37-19-38(42(63)20-41(37)62)47(64)61-26-33-4-3-32(17-34(33)27-61)25-57-7-5-31(6-8-57)29-67-43-24-51-40(23-52-43)48(65)60-11-9-58(10-12-60)28-36-18-39-44(68-36)46(59-13-15-66-16-14-59)56-45(55-39)35-21-53-49(50)54-22-35/h3-4,17-24,30-31,62-63H,5-16,25-29H2,1-2H3,(H2,50,53,54). The van der Waals surface area contributed by atoms with E-state index in [2.05, 4.69) is 58.9 Å². The van der Waals surface area contributed by atoms with Gasteiger partial charge < -0.3 is 40.1 Å². The van der Waals surface area contributed by atoms with Crippen LogP contribution in [0.5, 0.6) is 17.4 Å². The van der Waals surface area contributed by atoms with Crippen molar-refractivity contribution in [3.63, 3.8) is 0 Å². The number of rotatable bonds is 12. The molecule has 6 aromatic rings. The summed E-state index contributed by atoms with van der Waals surface area (Å²) in [4.78, 5) is 65.9. The van der Waals surface area contributed by atoms with Gasteiger partial charge in [-0.2, -0.15) is 0 Å². The van der Waals surface area contributed by atoms with Gasteiger partial charge in [0, 0.05) is 88.8 Å². The number of piperidine rings is 1. The fourth-order valence-electron chi connectivity index (χ4n) is 9.47. The van der Waals surface area contributed by atoms with Gasteiger partial charge in [0.2, 0.25) is 11.8 Å². The Bertz CT molecular complexity index is 2790. The van der Waals surface area contributed by atoms with E-state index < -0.39 is 0 Å². The predicted molar refractivity (Wildman–Crippen MR) is 256 cm³/mol. The van der Waals surface area contributed by atoms with Gasteiger partial charge in [-0.1, -0.05) is 32.0 Å². The van der Waals surface area contributed by atoms with E-state index in [0.717, 1.165) is 92.4 Å². The zero-order valence-electron chi connectivity index (χ0n) is 38.4. The first kappa shape index (κ1) is 45.3. The molecule has 18 nitrogen and oxygen atoms in total. The van der Waals surface area contributed by atoms with E-state index >= 15 is 0 Å². The molecule has 2 aromatic carbocycles. The lowest BCUT2D eigenvalue weighted by molar-refractivity contribution is 0.0622. The van der Waals surface area contributed by atoms with Crippen molar-refractivity contribution >= 4 is 45.1 Å². The van der Waals surface area contributed by atoms with Crippen LogP contribution in [0.4, 0.5) is 11.8 Å². The van der Waals surface area contributed by atoms with Crippen LogP contribution in [0.1, 0.15) is 80.6 Å². The second-order valence-electron chi connectivity index (χ2n) is 18.4. The normalized spacial score (nSPS) is 17.3. The number of phenols is 2. The molecule has 68 heavy (non-hydrogen) atoms. The van der Waals surface area contributed by atoms with Crippen LogP contribution < -0.4 is 15.4 Å². The average Bonchev–Trinajstić information content (AvgIpc) is 3.98. The molecule has 354 valence electrons. The number of amides is 2. The highest BCUT2D eigenvalue weighted by Crippen LogP contribution is 2.37. The zero-order chi connectivity index (χ0) is 46.9. The van der Waals surface area contributed by atoms with Crippen molar-refractivity contribution in [3.05, 3.63) is 99.6 Å². The molecule has 0 atom stereocenters. The SMILES string of the molecule is CC(C)c1cc(C(=O)N2Cc3ccc(CN4CCC(COc5cnc(C(=O)N6CCN(Cc7cc8nc(-c9cnc(N)nc9)nc(N9CCOCC9)c8s7)CC6)cn5)CC4)cc3C2)c(O)cc1O. The molecule has 0 spiro atoms. The number of phenolic OH excluding ortho intramolecular Hbond substituents is 2. The van der Waals surface area contributed by atoms with E-state index in [1.54, 1.807) is 40.9 Å². The van der Waals surface area contributed by atoms with Crippen molar-refractivity contribution < 1.29 is 29.3 Å². The van der Waals surface area contributed by atoms with Gasteiger partial charge in [0.25, 0.3) is 11.8 Å². The highest BCUT2D eigenvalue weighted by atomic mass is 32.1. The summed E-state index contributed by atoms with van der Waals surface area (Å²) in [5.74, 6) is 1.87. The zero-order valence-corrected chi connectivity index (χ0v) is 39.2. The number of hydrogen-bond donors (Lipinski definition) is 3. The molecule has 0 radical (unpaired) electrons. The number of aromatic nitrogens is 6. The molecule has 0 bridgehead atoms. The summed E-state index contributed by atoms with van der Waals surface area (Å²) in [6, 6.07) is 11.5. The molecule has 4 aliphatic heterocycles. The van der Waals surface area contributed by atoms with Gasteiger partial charge >= 0.3 is 0 Å². The first-order valence-electron chi connectivity index (χ1n) is 23.4. The maximum atomic E-state index is 13.5. The summed E-state index contributed by atoms with van der Waals surface area (Å²) in [7, 11) is 0. The summed E-state index contributed by atoms with van der Waals surface area (Å²) in [5.41, 5.74) is 11.9. The molecule has 2 amide bonds. The number of likely N-dealkylation sites (tertiary alicyclic amines) is 1. The largest absolute Gasteiger partial charge is 0.508 e. The van der Waals surface area contributed by atoms with Crippen molar-refractivity contribution in [1.29, 1.82) is 0 Å². The number of nitrogens with two attached hydrogens (primary N) is 1. The van der Waals surface area contributed by atoms with Gasteiger partial charge in [-0.15, -0.1) is 11.3 Å². The van der Waals surface area contributed by atoms with Gasteiger partial charge in [-0.3, -0.25) is 19.4 Å². The van der Waals surface area contributed by atoms with Crippen molar-refractivity contribution in [3.8, 4) is 28.8 Å². The Morgan fingerprint density at radius 2 is 1.54 bits per heavy atom. The van der Waals surface area contributed by atoms with Gasteiger partial charge in [0.1, 0.15) is 17.2 Å². The number of fused-ring (bicyclic) bond motifs is 2. The second kappa shape index (κ2) is 19.6. The van der Waals surface area contributed by atoms with Crippen LogP contribution in [-0.2, 0) is 30.9 Å². The van der Waals surface area contributed by atoms with Gasteiger partial charge in [-0.05, 0) is 72.2 Å². The van der Waals surface area contributed by atoms with Gasteiger partial charge in [0.15, 0.2) is 11.6 Å². The lowest BCUT2D eigenvalue weighted by Gasteiger charge is -2.34. The summed E-state index contributed by atoms with van der Waals surface area (Å²) in [5, 5.41) is 20.8. The lowest BCUT2D eigenvalue weighted by Crippen LogP contribution is -2.48. The number of piperazine rings is 1. The van der Waals surface area contributed by atoms with E-state index in [0.29, 0.717) is 80.4 Å². The fourth-order valence-corrected chi connectivity index (χ4v) is 10.6. The molecule has 3 fully saturated rings. The van der Waals surface area contributed by atoms with Crippen LogP contribution in [0.15, 0.2) is 61.2 Å². The first-order valence-corrected chi connectivity index (χ1v) is 24.2. The topological polar surface area (TPSA) is 213 Å². The quantitative estimate of drug-likeness (QED) is 0.142. The number of ether oxygens (including phenoxy) is 2. The molecule has 0 aliphatic carbocycles. The minimum Gasteiger partial charge on any atom is -0.508 e. The van der Waals surface area contributed by atoms with E-state index in [-0.39, 0.29) is 40.7 Å². The third-order valence-electron chi connectivity index (χ3n) is 13.4. The second-order valence-corrected chi connectivity index (χ2v) is 19.5. The molecule has 0 unspecified atom stereocenters. The molecule has 4 aromatic heterocycles. The molecular formula is C49H56N12O6S. The maximum Gasteiger partial charge on any atom is 0.274 e. The first-order chi connectivity index (χ1) is 33.0. The highest BCUT2D eigenvalue weighted by Gasteiger charge is 2.29. The van der Waals surface area contributed by atoms with Crippen molar-refractivity contribution in [2.75, 3.05) is 82.8 Å². The molecule has 3 saturated heterocycles. The monoisotopic (exact) mass is 940 g/mol. The fraction of sp³-hybridized carbons (Fsp3) is 0.429. The van der Waals surface area contributed by atoms with Crippen LogP contribution in [0, 0.1) is 5.92 Å². The Morgan fingerprint density at radius 1 is 0.794 bits per heavy atom. The number of morpholine rings is 1. The van der Waals surface area contributed by atoms with Gasteiger partial charge in [-0.25, -0.2) is 29.9 Å². The average molecular weight is 941 g/mol. The lowest BCUT2D eigenvalue weighted by atomic mass is 9.97. The third-order valence-corrected chi connectivity index (χ3v) is 14.5. The van der Waals surface area contributed by atoms with E-state index in [4.69, 9.17) is 25.2 Å². The summed E-state index contributed by atoms with van der Waals surface area (Å²) < 4.78 is 12.7. The molecule has 8 heterocycles. The Balaban J connectivity index is 0.670. The molecular weight excluding hydrogens is 885 g/mol. The van der Waals surface area contributed by atoms with Crippen molar-refractivity contribution in [2.24, 2.45) is 5.92 Å². The van der Waals surface area contributed by atoms with Crippen LogP contribution in [0.25, 0.3) is 21.6 Å². The van der Waals surface area contributed by atoms with E-state index in [1.807, 2.05) is 18.7 Å².